The van der Waals surface area contributed by atoms with Gasteiger partial charge in [-0.2, -0.15) is 0 Å². The van der Waals surface area contributed by atoms with Gasteiger partial charge in [0.25, 0.3) is 0 Å². The third-order valence-electron chi connectivity index (χ3n) is 2.60. The standard InChI is InChI=1S/C12H15N3O/c1-8-4-5-9(6-11(8)15(2)3)10-7-14-16-12(10)13/h4-7H,13H2,1-3H3. The van der Waals surface area contributed by atoms with Crippen LogP contribution in [-0.2, 0) is 0 Å². The van der Waals surface area contributed by atoms with Crippen molar-refractivity contribution in [1.29, 1.82) is 0 Å². The molecule has 0 amide bonds. The molecule has 4 heteroatoms. The summed E-state index contributed by atoms with van der Waals surface area (Å²) in [4.78, 5) is 2.07. The molecule has 0 aliphatic rings. The fraction of sp³-hybridized carbons (Fsp3) is 0.250. The first kappa shape index (κ1) is 10.5. The van der Waals surface area contributed by atoms with Crippen LogP contribution in [-0.4, -0.2) is 19.3 Å². The number of nitrogens with two attached hydrogens (primary N) is 1. The van der Waals surface area contributed by atoms with Gasteiger partial charge in [0.1, 0.15) is 0 Å². The molecule has 2 rings (SSSR count). The molecule has 0 saturated heterocycles. The molecular formula is C12H15N3O. The Balaban J connectivity index is 2.52. The highest BCUT2D eigenvalue weighted by Gasteiger charge is 2.09. The van der Waals surface area contributed by atoms with Crippen LogP contribution in [0, 0.1) is 6.92 Å². The number of aryl methyl sites for hydroxylation is 1. The average molecular weight is 217 g/mol. The molecule has 1 aromatic heterocycles. The molecule has 1 heterocycles. The molecule has 0 aliphatic carbocycles. The monoisotopic (exact) mass is 217 g/mol. The van der Waals surface area contributed by atoms with Crippen molar-refractivity contribution in [2.24, 2.45) is 0 Å². The van der Waals surface area contributed by atoms with Gasteiger partial charge in [-0.05, 0) is 24.1 Å². The molecule has 0 radical (unpaired) electrons. The van der Waals surface area contributed by atoms with E-state index >= 15 is 0 Å². The highest BCUT2D eigenvalue weighted by molar-refractivity contribution is 5.75. The predicted molar refractivity (Wildman–Crippen MR) is 65.4 cm³/mol. The Morgan fingerprint density at radius 2 is 2.06 bits per heavy atom. The third-order valence-corrected chi connectivity index (χ3v) is 2.60. The zero-order valence-electron chi connectivity index (χ0n) is 9.69. The Kier molecular flexibility index (Phi) is 2.56. The summed E-state index contributed by atoms with van der Waals surface area (Å²) in [6.07, 6.45) is 1.64. The minimum Gasteiger partial charge on any atom is -0.377 e. The van der Waals surface area contributed by atoms with E-state index < -0.39 is 0 Å². The van der Waals surface area contributed by atoms with Crippen molar-refractivity contribution in [3.05, 3.63) is 30.0 Å². The van der Waals surface area contributed by atoms with Crippen molar-refractivity contribution >= 4 is 11.6 Å². The second-order valence-corrected chi connectivity index (χ2v) is 4.00. The van der Waals surface area contributed by atoms with E-state index in [4.69, 9.17) is 10.3 Å². The molecule has 0 aliphatic heterocycles. The molecule has 0 spiro atoms. The first-order chi connectivity index (χ1) is 7.59. The van der Waals surface area contributed by atoms with Crippen molar-refractivity contribution in [3.63, 3.8) is 0 Å². The number of aromatic nitrogens is 1. The number of anilines is 2. The van der Waals surface area contributed by atoms with Crippen LogP contribution in [0.5, 0.6) is 0 Å². The summed E-state index contributed by atoms with van der Waals surface area (Å²) in [7, 11) is 4.03. The maximum absolute atomic E-state index is 5.69. The molecule has 2 N–H and O–H groups in total. The van der Waals surface area contributed by atoms with Gasteiger partial charge in [-0.25, -0.2) is 0 Å². The summed E-state index contributed by atoms with van der Waals surface area (Å²) in [5.74, 6) is 0.355. The van der Waals surface area contributed by atoms with Crippen molar-refractivity contribution in [2.75, 3.05) is 24.7 Å². The number of rotatable bonds is 2. The number of benzene rings is 1. The summed E-state index contributed by atoms with van der Waals surface area (Å²) in [5, 5.41) is 3.68. The fourth-order valence-corrected chi connectivity index (χ4v) is 1.72. The van der Waals surface area contributed by atoms with Crippen molar-refractivity contribution < 1.29 is 4.52 Å². The molecule has 0 atom stereocenters. The Morgan fingerprint density at radius 3 is 2.62 bits per heavy atom. The number of hydrogen-bond donors (Lipinski definition) is 1. The van der Waals surface area contributed by atoms with Crippen LogP contribution in [0.4, 0.5) is 11.6 Å². The SMILES string of the molecule is Cc1ccc(-c2cnoc2N)cc1N(C)C. The van der Waals surface area contributed by atoms with Gasteiger partial charge < -0.3 is 15.2 Å². The van der Waals surface area contributed by atoms with E-state index in [9.17, 15) is 0 Å². The highest BCUT2D eigenvalue weighted by Crippen LogP contribution is 2.30. The van der Waals surface area contributed by atoms with Crippen LogP contribution in [0.25, 0.3) is 11.1 Å². The van der Waals surface area contributed by atoms with Crippen molar-refractivity contribution in [2.45, 2.75) is 6.92 Å². The molecule has 4 nitrogen and oxygen atoms in total. The molecular weight excluding hydrogens is 202 g/mol. The van der Waals surface area contributed by atoms with Crippen LogP contribution in [0.1, 0.15) is 5.56 Å². The first-order valence-corrected chi connectivity index (χ1v) is 5.08. The maximum atomic E-state index is 5.69. The molecule has 1 aromatic carbocycles. The zero-order chi connectivity index (χ0) is 11.7. The van der Waals surface area contributed by atoms with Crippen LogP contribution in [0.15, 0.2) is 28.9 Å². The van der Waals surface area contributed by atoms with Crippen LogP contribution >= 0.6 is 0 Å². The van der Waals surface area contributed by atoms with Gasteiger partial charge in [-0.3, -0.25) is 0 Å². The lowest BCUT2D eigenvalue weighted by atomic mass is 10.0. The van der Waals surface area contributed by atoms with Crippen LogP contribution in [0.2, 0.25) is 0 Å². The molecule has 2 aromatic rings. The van der Waals surface area contributed by atoms with E-state index in [1.807, 2.05) is 20.2 Å². The lowest BCUT2D eigenvalue weighted by Gasteiger charge is -2.16. The second kappa shape index (κ2) is 3.89. The van der Waals surface area contributed by atoms with E-state index in [-0.39, 0.29) is 0 Å². The Hall–Kier alpha value is -1.97. The normalized spacial score (nSPS) is 10.4. The van der Waals surface area contributed by atoms with E-state index in [1.54, 1.807) is 6.20 Å². The first-order valence-electron chi connectivity index (χ1n) is 5.08. The lowest BCUT2D eigenvalue weighted by Crippen LogP contribution is -2.10. The van der Waals surface area contributed by atoms with Gasteiger partial charge in [-0.15, -0.1) is 0 Å². The molecule has 0 fully saturated rings. The number of nitrogens with zero attached hydrogens (tertiary/aromatic N) is 2. The van der Waals surface area contributed by atoms with Gasteiger partial charge in [0, 0.05) is 19.8 Å². The molecule has 16 heavy (non-hydrogen) atoms. The lowest BCUT2D eigenvalue weighted by molar-refractivity contribution is 0.436. The topological polar surface area (TPSA) is 55.3 Å². The zero-order valence-corrected chi connectivity index (χ0v) is 9.69. The summed E-state index contributed by atoms with van der Waals surface area (Å²) in [6.45, 7) is 2.08. The van der Waals surface area contributed by atoms with Gasteiger partial charge in [0.15, 0.2) is 0 Å². The van der Waals surface area contributed by atoms with E-state index in [2.05, 4.69) is 29.1 Å². The Labute approximate surface area is 94.6 Å². The van der Waals surface area contributed by atoms with E-state index in [0.717, 1.165) is 16.8 Å². The molecule has 84 valence electrons. The number of nitrogen functional groups attached to an aromatic ring is 1. The molecule has 0 bridgehead atoms. The van der Waals surface area contributed by atoms with Gasteiger partial charge in [0.2, 0.25) is 5.88 Å². The minimum atomic E-state index is 0.355. The van der Waals surface area contributed by atoms with Crippen molar-refractivity contribution in [3.8, 4) is 11.1 Å². The highest BCUT2D eigenvalue weighted by atomic mass is 16.5. The van der Waals surface area contributed by atoms with Gasteiger partial charge in [0.05, 0.1) is 11.8 Å². The summed E-state index contributed by atoms with van der Waals surface area (Å²) in [5.41, 5.74) is 9.94. The summed E-state index contributed by atoms with van der Waals surface area (Å²) >= 11 is 0. The predicted octanol–water partition coefficient (Wildman–Crippen LogP) is 2.30. The smallest absolute Gasteiger partial charge is 0.229 e. The second-order valence-electron chi connectivity index (χ2n) is 4.00. The van der Waals surface area contributed by atoms with Crippen LogP contribution < -0.4 is 10.6 Å². The minimum absolute atomic E-state index is 0.355. The van der Waals surface area contributed by atoms with E-state index in [0.29, 0.717) is 5.88 Å². The van der Waals surface area contributed by atoms with E-state index in [1.165, 1.54) is 5.56 Å². The summed E-state index contributed by atoms with van der Waals surface area (Å²) < 4.78 is 4.86. The largest absolute Gasteiger partial charge is 0.377 e. The quantitative estimate of drug-likeness (QED) is 0.838. The third kappa shape index (κ3) is 1.74. The maximum Gasteiger partial charge on any atom is 0.229 e. The van der Waals surface area contributed by atoms with Gasteiger partial charge >= 0.3 is 0 Å². The van der Waals surface area contributed by atoms with Gasteiger partial charge in [-0.1, -0.05) is 17.3 Å². The van der Waals surface area contributed by atoms with Crippen molar-refractivity contribution in [1.82, 2.24) is 5.16 Å². The number of hydrogen-bond acceptors (Lipinski definition) is 4. The summed E-state index contributed by atoms with van der Waals surface area (Å²) in [6, 6.07) is 6.17. The Morgan fingerprint density at radius 1 is 1.31 bits per heavy atom. The molecule has 0 saturated carbocycles. The van der Waals surface area contributed by atoms with Crippen LogP contribution in [0.3, 0.4) is 0 Å². The average Bonchev–Trinajstić information content (AvgIpc) is 2.65. The fourth-order valence-electron chi connectivity index (χ4n) is 1.72. The Bertz CT molecular complexity index is 503. The molecule has 0 unspecified atom stereocenters.